The summed E-state index contributed by atoms with van der Waals surface area (Å²) in [5.41, 5.74) is 1.76. The van der Waals surface area contributed by atoms with Gasteiger partial charge in [0.2, 0.25) is 11.8 Å². The van der Waals surface area contributed by atoms with Crippen molar-refractivity contribution in [2.45, 2.75) is 19.8 Å². The third kappa shape index (κ3) is 3.21. The number of hydrogen-bond acceptors (Lipinski definition) is 5. The number of likely N-dealkylation sites (tertiary alicyclic amines) is 1. The molecular formula is C21H22N2O5. The number of fused-ring (bicyclic) bond motifs is 5. The van der Waals surface area contributed by atoms with E-state index in [0.717, 1.165) is 23.3 Å². The fourth-order valence-electron chi connectivity index (χ4n) is 4.46. The highest BCUT2D eigenvalue weighted by Crippen LogP contribution is 2.52. The average Bonchev–Trinajstić information content (AvgIpc) is 3.37. The maximum Gasteiger partial charge on any atom is 0.326 e. The van der Waals surface area contributed by atoms with E-state index in [1.807, 2.05) is 31.2 Å². The number of nitrogens with zero attached hydrogens (tertiary/aromatic N) is 1. The van der Waals surface area contributed by atoms with E-state index in [4.69, 9.17) is 4.74 Å². The second-order valence-electron chi connectivity index (χ2n) is 7.52. The van der Waals surface area contributed by atoms with Gasteiger partial charge in [0, 0.05) is 5.69 Å². The monoisotopic (exact) mass is 382 g/mol. The first-order chi connectivity index (χ1) is 13.5. The summed E-state index contributed by atoms with van der Waals surface area (Å²) in [5, 5.41) is 2.64. The number of amides is 3. The zero-order valence-electron chi connectivity index (χ0n) is 15.6. The maximum atomic E-state index is 12.5. The molecule has 0 radical (unpaired) electrons. The Kier molecular flexibility index (Phi) is 4.75. The number of allylic oxidation sites excluding steroid dienone is 2. The van der Waals surface area contributed by atoms with Crippen LogP contribution in [0.15, 0.2) is 36.4 Å². The summed E-state index contributed by atoms with van der Waals surface area (Å²) in [5.74, 6) is -2.34. The lowest BCUT2D eigenvalue weighted by molar-refractivity contribution is -0.154. The van der Waals surface area contributed by atoms with Crippen molar-refractivity contribution in [2.75, 3.05) is 18.5 Å². The Morgan fingerprint density at radius 1 is 1.07 bits per heavy atom. The molecule has 1 N–H and O–H groups in total. The van der Waals surface area contributed by atoms with E-state index in [2.05, 4.69) is 5.32 Å². The molecule has 3 aliphatic rings. The number of nitrogens with one attached hydrogen (secondary N) is 1. The molecular weight excluding hydrogens is 360 g/mol. The van der Waals surface area contributed by atoms with Crippen molar-refractivity contribution in [3.05, 3.63) is 42.0 Å². The molecule has 4 atom stereocenters. The zero-order chi connectivity index (χ0) is 19.8. The molecule has 146 valence electrons. The summed E-state index contributed by atoms with van der Waals surface area (Å²) in [6.07, 6.45) is 5.73. The summed E-state index contributed by atoms with van der Waals surface area (Å²) in [6.45, 7) is 1.13. The van der Waals surface area contributed by atoms with Gasteiger partial charge in [-0.05, 0) is 42.4 Å². The highest BCUT2D eigenvalue weighted by atomic mass is 16.5. The predicted molar refractivity (Wildman–Crippen MR) is 99.8 cm³/mol. The fourth-order valence-corrected chi connectivity index (χ4v) is 4.46. The Bertz CT molecular complexity index is 830. The maximum absolute atomic E-state index is 12.5. The van der Waals surface area contributed by atoms with Crippen LogP contribution in [0.2, 0.25) is 0 Å². The number of benzene rings is 1. The van der Waals surface area contributed by atoms with Gasteiger partial charge in [-0.2, -0.15) is 0 Å². The molecule has 2 aliphatic carbocycles. The molecule has 28 heavy (non-hydrogen) atoms. The summed E-state index contributed by atoms with van der Waals surface area (Å²) in [4.78, 5) is 50.1. The molecule has 4 rings (SSSR count). The summed E-state index contributed by atoms with van der Waals surface area (Å²) in [7, 11) is 0. The molecule has 0 spiro atoms. The van der Waals surface area contributed by atoms with E-state index >= 15 is 0 Å². The van der Waals surface area contributed by atoms with Gasteiger partial charge in [0.1, 0.15) is 6.54 Å². The van der Waals surface area contributed by atoms with Crippen LogP contribution in [0.25, 0.3) is 0 Å². The van der Waals surface area contributed by atoms with E-state index < -0.39 is 25.0 Å². The quantitative estimate of drug-likeness (QED) is 0.458. The van der Waals surface area contributed by atoms with Gasteiger partial charge in [0.15, 0.2) is 6.61 Å². The van der Waals surface area contributed by atoms with Crippen molar-refractivity contribution in [3.8, 4) is 0 Å². The number of rotatable bonds is 6. The van der Waals surface area contributed by atoms with Crippen molar-refractivity contribution in [1.29, 1.82) is 0 Å². The number of anilines is 1. The van der Waals surface area contributed by atoms with Crippen LogP contribution in [0.1, 0.15) is 18.9 Å². The SMILES string of the molecule is CCc1ccc(NC(=O)COC(=O)CN2C(=O)[C@@H]3[C@@H](C2=O)[C@H]2C=C[C@H]3C2)cc1. The lowest BCUT2D eigenvalue weighted by Gasteiger charge is -2.16. The van der Waals surface area contributed by atoms with Crippen LogP contribution in [-0.2, 0) is 30.3 Å². The number of carbonyl (C=O) groups excluding carboxylic acids is 4. The largest absolute Gasteiger partial charge is 0.454 e. The van der Waals surface area contributed by atoms with Gasteiger partial charge in [-0.3, -0.25) is 24.1 Å². The first-order valence-electron chi connectivity index (χ1n) is 9.56. The van der Waals surface area contributed by atoms with Gasteiger partial charge in [-0.15, -0.1) is 0 Å². The third-order valence-corrected chi connectivity index (χ3v) is 5.86. The van der Waals surface area contributed by atoms with Crippen LogP contribution in [0.3, 0.4) is 0 Å². The first-order valence-corrected chi connectivity index (χ1v) is 9.56. The highest BCUT2D eigenvalue weighted by molar-refractivity contribution is 6.08. The van der Waals surface area contributed by atoms with E-state index in [9.17, 15) is 19.2 Å². The van der Waals surface area contributed by atoms with Gasteiger partial charge in [-0.1, -0.05) is 31.2 Å². The normalized spacial score (nSPS) is 27.2. The van der Waals surface area contributed by atoms with E-state index in [-0.39, 0.29) is 35.5 Å². The molecule has 7 heteroatoms. The Morgan fingerprint density at radius 2 is 1.68 bits per heavy atom. The van der Waals surface area contributed by atoms with Crippen molar-refractivity contribution in [3.63, 3.8) is 0 Å². The molecule has 0 unspecified atom stereocenters. The lowest BCUT2D eigenvalue weighted by atomic mass is 9.85. The molecule has 1 saturated heterocycles. The Morgan fingerprint density at radius 3 is 2.25 bits per heavy atom. The molecule has 1 aromatic rings. The minimum atomic E-state index is -0.765. The van der Waals surface area contributed by atoms with Crippen molar-refractivity contribution in [1.82, 2.24) is 4.90 Å². The van der Waals surface area contributed by atoms with Crippen LogP contribution in [-0.4, -0.2) is 41.7 Å². The Hall–Kier alpha value is -2.96. The van der Waals surface area contributed by atoms with Gasteiger partial charge in [-0.25, -0.2) is 0 Å². The van der Waals surface area contributed by atoms with Crippen LogP contribution < -0.4 is 5.32 Å². The number of hydrogen-bond donors (Lipinski definition) is 1. The van der Waals surface area contributed by atoms with Gasteiger partial charge in [0.25, 0.3) is 5.91 Å². The molecule has 1 saturated carbocycles. The molecule has 3 amide bonds. The lowest BCUT2D eigenvalue weighted by Crippen LogP contribution is -2.38. The minimum Gasteiger partial charge on any atom is -0.454 e. The number of ether oxygens (including phenoxy) is 1. The van der Waals surface area contributed by atoms with Crippen LogP contribution in [0.5, 0.6) is 0 Å². The second-order valence-corrected chi connectivity index (χ2v) is 7.52. The van der Waals surface area contributed by atoms with E-state index in [0.29, 0.717) is 5.69 Å². The zero-order valence-corrected chi connectivity index (χ0v) is 15.6. The van der Waals surface area contributed by atoms with Gasteiger partial charge >= 0.3 is 5.97 Å². The Labute approximate surface area is 162 Å². The van der Waals surface area contributed by atoms with Crippen molar-refractivity contribution < 1.29 is 23.9 Å². The molecule has 2 fully saturated rings. The minimum absolute atomic E-state index is 0.0948. The molecule has 7 nitrogen and oxygen atoms in total. The molecule has 2 bridgehead atoms. The van der Waals surface area contributed by atoms with E-state index in [1.54, 1.807) is 12.1 Å². The number of imide groups is 1. The number of aryl methyl sites for hydroxylation is 1. The number of esters is 1. The first kappa shape index (κ1) is 18.4. The second kappa shape index (κ2) is 7.22. The van der Waals surface area contributed by atoms with E-state index in [1.165, 1.54) is 0 Å². The fraction of sp³-hybridized carbons (Fsp3) is 0.429. The van der Waals surface area contributed by atoms with Crippen LogP contribution >= 0.6 is 0 Å². The third-order valence-electron chi connectivity index (χ3n) is 5.86. The summed E-state index contributed by atoms with van der Waals surface area (Å²) < 4.78 is 4.96. The van der Waals surface area contributed by atoms with Crippen LogP contribution in [0.4, 0.5) is 5.69 Å². The summed E-state index contributed by atoms with van der Waals surface area (Å²) in [6, 6.07) is 7.37. The Balaban J connectivity index is 1.27. The molecule has 1 heterocycles. The smallest absolute Gasteiger partial charge is 0.326 e. The molecule has 1 aromatic carbocycles. The van der Waals surface area contributed by atoms with Crippen molar-refractivity contribution in [2.24, 2.45) is 23.7 Å². The average molecular weight is 382 g/mol. The van der Waals surface area contributed by atoms with Crippen molar-refractivity contribution >= 4 is 29.4 Å². The standard InChI is InChI=1S/C21H22N2O5/c1-2-12-3-7-15(8-4-12)22-16(24)11-28-17(25)10-23-20(26)18-13-5-6-14(9-13)19(18)21(23)27/h3-8,13-14,18-19H,2,9-11H2,1H3,(H,22,24)/t13-,14-,18-,19-/m0/s1. The number of carbonyl (C=O) groups is 4. The van der Waals surface area contributed by atoms with Gasteiger partial charge < -0.3 is 10.1 Å². The molecule has 0 aromatic heterocycles. The summed E-state index contributed by atoms with van der Waals surface area (Å²) >= 11 is 0. The highest BCUT2D eigenvalue weighted by Gasteiger charge is 2.59. The topological polar surface area (TPSA) is 92.8 Å². The molecule has 1 aliphatic heterocycles. The van der Waals surface area contributed by atoms with Gasteiger partial charge in [0.05, 0.1) is 11.8 Å². The predicted octanol–water partition coefficient (Wildman–Crippen LogP) is 1.54. The van der Waals surface area contributed by atoms with Crippen LogP contribution in [0, 0.1) is 23.7 Å².